The molecule has 5 rings (SSSR count). The van der Waals surface area contributed by atoms with E-state index in [2.05, 4.69) is 19.6 Å². The molecule has 0 aromatic rings. The van der Waals surface area contributed by atoms with Crippen LogP contribution in [0.1, 0.15) is 78.6 Å². The molecule has 1 aliphatic heterocycles. The first-order chi connectivity index (χ1) is 17.1. The summed E-state index contributed by atoms with van der Waals surface area (Å²) in [7, 11) is 0. The quantitative estimate of drug-likeness (QED) is 0.297. The van der Waals surface area contributed by atoms with Crippen LogP contribution >= 0.6 is 0 Å². The molecule has 0 radical (unpaired) electrons. The highest BCUT2D eigenvalue weighted by atomic mass is 16.7. The minimum Gasteiger partial charge on any atom is -0.457 e. The maximum Gasteiger partial charge on any atom is 0.303 e. The highest BCUT2D eigenvalue weighted by Gasteiger charge is 2.61. The SMILES string of the molecule is C=CC1CCC2C3CCC4CC(OC5OC(C)C(O)C(OC(C)=O)C5O)CCC4(CO)C3CCC12C. The fraction of sp³-hybridized carbons (Fsp3) is 0.897. The molecule has 4 saturated carbocycles. The summed E-state index contributed by atoms with van der Waals surface area (Å²) < 4.78 is 17.3. The first-order valence-electron chi connectivity index (χ1n) is 14.2. The van der Waals surface area contributed by atoms with E-state index in [9.17, 15) is 20.1 Å². The fourth-order valence-corrected chi connectivity index (χ4v) is 9.50. The molecule has 5 fully saturated rings. The first kappa shape index (κ1) is 26.6. The van der Waals surface area contributed by atoms with Crippen LogP contribution in [0.15, 0.2) is 12.7 Å². The van der Waals surface area contributed by atoms with Gasteiger partial charge in [0, 0.05) is 13.5 Å². The zero-order chi connectivity index (χ0) is 25.8. The Bertz CT molecular complexity index is 832. The molecule has 1 heterocycles. The van der Waals surface area contributed by atoms with Crippen molar-refractivity contribution in [2.75, 3.05) is 6.61 Å². The highest BCUT2D eigenvalue weighted by Crippen LogP contribution is 2.67. The Morgan fingerprint density at radius 2 is 1.86 bits per heavy atom. The van der Waals surface area contributed by atoms with Gasteiger partial charge in [-0.05, 0) is 105 Å². The van der Waals surface area contributed by atoms with Gasteiger partial charge in [0.2, 0.25) is 0 Å². The van der Waals surface area contributed by atoms with Gasteiger partial charge in [0.15, 0.2) is 12.4 Å². The molecule has 5 aliphatic rings. The summed E-state index contributed by atoms with van der Waals surface area (Å²) in [4.78, 5) is 11.5. The number of hydrogen-bond acceptors (Lipinski definition) is 7. The number of hydrogen-bond donors (Lipinski definition) is 3. The molecule has 7 nitrogen and oxygen atoms in total. The molecule has 1 saturated heterocycles. The van der Waals surface area contributed by atoms with E-state index < -0.39 is 36.7 Å². The molecule has 13 atom stereocenters. The van der Waals surface area contributed by atoms with Gasteiger partial charge in [0.05, 0.1) is 12.2 Å². The van der Waals surface area contributed by atoms with Gasteiger partial charge in [0.1, 0.15) is 12.2 Å². The first-order valence-corrected chi connectivity index (χ1v) is 14.2. The molecule has 3 N–H and O–H groups in total. The normalized spacial score (nSPS) is 52.6. The number of aliphatic hydroxyl groups excluding tert-OH is 3. The van der Waals surface area contributed by atoms with Crippen molar-refractivity contribution in [2.45, 2.75) is 115 Å². The summed E-state index contributed by atoms with van der Waals surface area (Å²) in [6.07, 6.45) is 6.92. The molecule has 0 aromatic heterocycles. The van der Waals surface area contributed by atoms with Crippen LogP contribution in [0.3, 0.4) is 0 Å². The largest absolute Gasteiger partial charge is 0.457 e. The van der Waals surface area contributed by atoms with Crippen LogP contribution in [0.25, 0.3) is 0 Å². The molecule has 0 bridgehead atoms. The third-order valence-corrected chi connectivity index (χ3v) is 11.4. The van der Waals surface area contributed by atoms with Crippen molar-refractivity contribution in [3.05, 3.63) is 12.7 Å². The Hall–Kier alpha value is -0.990. The Balaban J connectivity index is 1.28. The minimum atomic E-state index is -1.25. The zero-order valence-corrected chi connectivity index (χ0v) is 22.2. The number of aliphatic hydroxyl groups is 3. The molecule has 204 valence electrons. The third-order valence-electron chi connectivity index (χ3n) is 11.4. The van der Waals surface area contributed by atoms with Crippen molar-refractivity contribution in [3.63, 3.8) is 0 Å². The molecule has 4 aliphatic carbocycles. The Kier molecular flexibility index (Phi) is 7.36. The van der Waals surface area contributed by atoms with Crippen LogP contribution in [-0.2, 0) is 19.0 Å². The van der Waals surface area contributed by atoms with Crippen molar-refractivity contribution in [2.24, 2.45) is 40.4 Å². The highest BCUT2D eigenvalue weighted by molar-refractivity contribution is 5.66. The standard InChI is InChI=1S/C29H46O7/c1-5-18-7-9-22-21-8-6-19-14-20(10-13-29(19,15-30)23(21)11-12-28(18,22)4)36-27-25(33)26(35-17(3)31)24(32)16(2)34-27/h5,16,18-27,30,32-33H,1,6-15H2,2-4H3. The van der Waals surface area contributed by atoms with Crippen molar-refractivity contribution in [3.8, 4) is 0 Å². The molecular weight excluding hydrogens is 460 g/mol. The summed E-state index contributed by atoms with van der Waals surface area (Å²) in [6.45, 7) is 9.83. The summed E-state index contributed by atoms with van der Waals surface area (Å²) in [5.74, 6) is 2.42. The summed E-state index contributed by atoms with van der Waals surface area (Å²) in [6, 6.07) is 0. The lowest BCUT2D eigenvalue weighted by Crippen LogP contribution is -2.60. The second kappa shape index (κ2) is 9.96. The monoisotopic (exact) mass is 506 g/mol. The molecule has 36 heavy (non-hydrogen) atoms. The average Bonchev–Trinajstić information content (AvgIpc) is 3.21. The lowest BCUT2D eigenvalue weighted by Gasteiger charge is -2.61. The molecule has 13 unspecified atom stereocenters. The van der Waals surface area contributed by atoms with Crippen LogP contribution in [0.2, 0.25) is 0 Å². The molecule has 0 aromatic carbocycles. The maximum atomic E-state index is 11.5. The Labute approximate surface area is 215 Å². The number of esters is 1. The molecule has 0 spiro atoms. The van der Waals surface area contributed by atoms with Crippen molar-refractivity contribution >= 4 is 5.97 Å². The van der Waals surface area contributed by atoms with Crippen LogP contribution < -0.4 is 0 Å². The average molecular weight is 507 g/mol. The van der Waals surface area contributed by atoms with E-state index >= 15 is 0 Å². The smallest absolute Gasteiger partial charge is 0.303 e. The second-order valence-electron chi connectivity index (χ2n) is 12.8. The van der Waals surface area contributed by atoms with E-state index in [4.69, 9.17) is 14.2 Å². The van der Waals surface area contributed by atoms with Crippen molar-refractivity contribution in [1.82, 2.24) is 0 Å². The van der Waals surface area contributed by atoms with Gasteiger partial charge >= 0.3 is 5.97 Å². The van der Waals surface area contributed by atoms with E-state index in [0.29, 0.717) is 29.1 Å². The van der Waals surface area contributed by atoms with Gasteiger partial charge in [0.25, 0.3) is 0 Å². The van der Waals surface area contributed by atoms with Crippen LogP contribution in [-0.4, -0.2) is 64.7 Å². The van der Waals surface area contributed by atoms with Gasteiger partial charge in [-0.15, -0.1) is 6.58 Å². The van der Waals surface area contributed by atoms with Gasteiger partial charge in [-0.25, -0.2) is 0 Å². The molecule has 0 amide bonds. The van der Waals surface area contributed by atoms with E-state index in [1.54, 1.807) is 6.92 Å². The molecule has 7 heteroatoms. The van der Waals surface area contributed by atoms with E-state index in [0.717, 1.165) is 31.6 Å². The number of fused-ring (bicyclic) bond motifs is 5. The second-order valence-corrected chi connectivity index (χ2v) is 12.8. The Morgan fingerprint density at radius 1 is 1.08 bits per heavy atom. The predicted molar refractivity (Wildman–Crippen MR) is 134 cm³/mol. The van der Waals surface area contributed by atoms with E-state index in [-0.39, 0.29) is 18.1 Å². The van der Waals surface area contributed by atoms with Crippen LogP contribution in [0.4, 0.5) is 0 Å². The van der Waals surface area contributed by atoms with E-state index in [1.807, 2.05) is 0 Å². The summed E-state index contributed by atoms with van der Waals surface area (Å²) in [5.41, 5.74) is 0.313. The minimum absolute atomic E-state index is 0.0494. The van der Waals surface area contributed by atoms with Gasteiger partial charge in [-0.2, -0.15) is 0 Å². The summed E-state index contributed by atoms with van der Waals surface area (Å²) >= 11 is 0. The van der Waals surface area contributed by atoms with E-state index in [1.165, 1.54) is 39.0 Å². The fourth-order valence-electron chi connectivity index (χ4n) is 9.50. The number of allylic oxidation sites excluding steroid dienone is 1. The van der Waals surface area contributed by atoms with Crippen LogP contribution in [0.5, 0.6) is 0 Å². The number of carbonyl (C=O) groups excluding carboxylic acids is 1. The summed E-state index contributed by atoms with van der Waals surface area (Å²) in [5, 5.41) is 32.0. The Morgan fingerprint density at radius 3 is 2.56 bits per heavy atom. The van der Waals surface area contributed by atoms with Crippen molar-refractivity contribution in [1.29, 1.82) is 0 Å². The molecular formula is C29H46O7. The lowest BCUT2D eigenvalue weighted by atomic mass is 9.44. The maximum absolute atomic E-state index is 11.5. The van der Waals surface area contributed by atoms with Crippen molar-refractivity contribution < 1.29 is 34.3 Å². The number of carbonyl (C=O) groups is 1. The number of ether oxygens (including phenoxy) is 3. The van der Waals surface area contributed by atoms with Gasteiger partial charge < -0.3 is 29.5 Å². The van der Waals surface area contributed by atoms with Gasteiger partial charge in [-0.1, -0.05) is 13.0 Å². The lowest BCUT2D eigenvalue weighted by molar-refractivity contribution is -0.312. The topological polar surface area (TPSA) is 105 Å². The van der Waals surface area contributed by atoms with Crippen LogP contribution in [0, 0.1) is 40.4 Å². The zero-order valence-electron chi connectivity index (χ0n) is 22.2. The van der Waals surface area contributed by atoms with Gasteiger partial charge in [-0.3, -0.25) is 4.79 Å². The number of rotatable bonds is 5. The third kappa shape index (κ3) is 4.17. The predicted octanol–water partition coefficient (Wildman–Crippen LogP) is 3.59.